The highest BCUT2D eigenvalue weighted by Gasteiger charge is 2.43. The number of aromatic nitrogens is 2. The summed E-state index contributed by atoms with van der Waals surface area (Å²) in [6.45, 7) is 6.05. The van der Waals surface area contributed by atoms with Crippen LogP contribution >= 0.6 is 11.3 Å². The number of aryl methyl sites for hydroxylation is 1. The molecule has 6 heteroatoms. The van der Waals surface area contributed by atoms with Crippen LogP contribution < -0.4 is 5.32 Å². The van der Waals surface area contributed by atoms with E-state index in [4.69, 9.17) is 4.74 Å². The molecule has 128 valence electrons. The normalized spacial score (nSPS) is 27.6. The van der Waals surface area contributed by atoms with Crippen LogP contribution in [-0.2, 0) is 11.3 Å². The smallest absolute Gasteiger partial charge is 0.126 e. The molecule has 2 saturated heterocycles. The second kappa shape index (κ2) is 6.78. The molecule has 24 heavy (non-hydrogen) atoms. The maximum atomic E-state index is 6.26. The van der Waals surface area contributed by atoms with Gasteiger partial charge < -0.3 is 10.1 Å². The van der Waals surface area contributed by atoms with E-state index in [0.29, 0.717) is 6.04 Å². The van der Waals surface area contributed by atoms with Crippen molar-refractivity contribution in [1.29, 1.82) is 0 Å². The van der Waals surface area contributed by atoms with Crippen LogP contribution in [0.5, 0.6) is 0 Å². The highest BCUT2D eigenvalue weighted by Crippen LogP contribution is 2.36. The maximum absolute atomic E-state index is 6.26. The summed E-state index contributed by atoms with van der Waals surface area (Å²) < 4.78 is 6.26. The molecule has 2 aromatic rings. The number of hydrogen-bond acceptors (Lipinski definition) is 6. The summed E-state index contributed by atoms with van der Waals surface area (Å²) in [4.78, 5) is 12.7. The van der Waals surface area contributed by atoms with Crippen LogP contribution in [0.25, 0.3) is 0 Å². The third kappa shape index (κ3) is 3.45. The largest absolute Gasteiger partial charge is 0.373 e. The molecule has 2 aliphatic rings. The van der Waals surface area contributed by atoms with Gasteiger partial charge in [-0.05, 0) is 38.3 Å². The van der Waals surface area contributed by atoms with E-state index in [0.717, 1.165) is 51.3 Å². The molecule has 0 aromatic carbocycles. The molecule has 0 unspecified atom stereocenters. The molecule has 2 aliphatic heterocycles. The van der Waals surface area contributed by atoms with Crippen molar-refractivity contribution in [2.45, 2.75) is 44.4 Å². The first-order valence-corrected chi connectivity index (χ1v) is 9.53. The molecule has 1 spiro atoms. The summed E-state index contributed by atoms with van der Waals surface area (Å²) in [6.07, 6.45) is 5.06. The summed E-state index contributed by atoms with van der Waals surface area (Å²) >= 11 is 1.76. The van der Waals surface area contributed by atoms with Gasteiger partial charge in [0.1, 0.15) is 5.82 Å². The van der Waals surface area contributed by atoms with Gasteiger partial charge in [0.15, 0.2) is 0 Å². The predicted molar refractivity (Wildman–Crippen MR) is 96.3 cm³/mol. The molecular formula is C18H24N4OS. The zero-order chi connectivity index (χ0) is 16.4. The van der Waals surface area contributed by atoms with E-state index in [-0.39, 0.29) is 5.60 Å². The average Bonchev–Trinajstić information content (AvgIpc) is 3.16. The lowest BCUT2D eigenvalue weighted by molar-refractivity contribution is -0.0737. The van der Waals surface area contributed by atoms with E-state index in [9.17, 15) is 0 Å². The summed E-state index contributed by atoms with van der Waals surface area (Å²) in [5.41, 5.74) is 3.11. The molecule has 0 saturated carbocycles. The van der Waals surface area contributed by atoms with Crippen LogP contribution in [0.4, 0.5) is 5.82 Å². The highest BCUT2D eigenvalue weighted by atomic mass is 32.1. The molecule has 1 N–H and O–H groups in total. The van der Waals surface area contributed by atoms with Crippen LogP contribution in [0.3, 0.4) is 0 Å². The number of pyridine rings is 1. The van der Waals surface area contributed by atoms with Gasteiger partial charge in [-0.15, -0.1) is 11.3 Å². The number of anilines is 1. The second-order valence-corrected chi connectivity index (χ2v) is 7.84. The fraction of sp³-hybridized carbons (Fsp3) is 0.556. The molecule has 5 nitrogen and oxygen atoms in total. The van der Waals surface area contributed by atoms with Crippen molar-refractivity contribution in [3.8, 4) is 0 Å². The molecule has 0 amide bonds. The summed E-state index contributed by atoms with van der Waals surface area (Å²) in [7, 11) is 0. The van der Waals surface area contributed by atoms with Gasteiger partial charge in [-0.3, -0.25) is 4.90 Å². The Morgan fingerprint density at radius 1 is 1.42 bits per heavy atom. The number of rotatable bonds is 4. The van der Waals surface area contributed by atoms with E-state index < -0.39 is 0 Å². The van der Waals surface area contributed by atoms with Crippen LogP contribution in [0.1, 0.15) is 29.8 Å². The van der Waals surface area contributed by atoms with Crippen molar-refractivity contribution in [1.82, 2.24) is 14.9 Å². The molecule has 0 bridgehead atoms. The highest BCUT2D eigenvalue weighted by molar-refractivity contribution is 7.09. The second-order valence-electron chi connectivity index (χ2n) is 6.90. The van der Waals surface area contributed by atoms with E-state index in [2.05, 4.69) is 27.1 Å². The fourth-order valence-corrected chi connectivity index (χ4v) is 4.65. The molecule has 4 heterocycles. The predicted octanol–water partition coefficient (Wildman–Crippen LogP) is 3.08. The van der Waals surface area contributed by atoms with Crippen molar-refractivity contribution >= 4 is 17.2 Å². The third-order valence-corrected chi connectivity index (χ3v) is 6.04. The first-order valence-electron chi connectivity index (χ1n) is 8.65. The van der Waals surface area contributed by atoms with E-state index in [1.807, 2.05) is 29.9 Å². The Bertz CT molecular complexity index is 677. The van der Waals surface area contributed by atoms with Crippen LogP contribution in [0.2, 0.25) is 0 Å². The summed E-state index contributed by atoms with van der Waals surface area (Å²) in [5, 5.41) is 3.58. The van der Waals surface area contributed by atoms with Gasteiger partial charge >= 0.3 is 0 Å². The fourth-order valence-electron chi connectivity index (χ4n) is 3.84. The van der Waals surface area contributed by atoms with Gasteiger partial charge in [0.2, 0.25) is 0 Å². The summed E-state index contributed by atoms with van der Waals surface area (Å²) in [6, 6.07) is 6.46. The number of likely N-dealkylation sites (tertiary alicyclic amines) is 1. The van der Waals surface area contributed by atoms with Crippen molar-refractivity contribution < 1.29 is 4.74 Å². The van der Waals surface area contributed by atoms with Gasteiger partial charge in [-0.1, -0.05) is 6.07 Å². The Kier molecular flexibility index (Phi) is 4.52. The first-order chi connectivity index (χ1) is 11.7. The molecule has 0 radical (unpaired) electrons. The molecular weight excluding hydrogens is 320 g/mol. The van der Waals surface area contributed by atoms with Gasteiger partial charge in [-0.2, -0.15) is 0 Å². The van der Waals surface area contributed by atoms with E-state index >= 15 is 0 Å². The average molecular weight is 344 g/mol. The zero-order valence-corrected chi connectivity index (χ0v) is 14.9. The van der Waals surface area contributed by atoms with Crippen LogP contribution in [0, 0.1) is 6.92 Å². The number of thiazole rings is 1. The van der Waals surface area contributed by atoms with E-state index in [1.54, 1.807) is 11.3 Å². The quantitative estimate of drug-likeness (QED) is 0.924. The van der Waals surface area contributed by atoms with Gasteiger partial charge in [0.25, 0.3) is 0 Å². The molecule has 2 atom stereocenters. The van der Waals surface area contributed by atoms with Gasteiger partial charge in [-0.25, -0.2) is 9.97 Å². The number of ether oxygens (including phenoxy) is 1. The van der Waals surface area contributed by atoms with Crippen molar-refractivity contribution in [3.63, 3.8) is 0 Å². The van der Waals surface area contributed by atoms with Gasteiger partial charge in [0.05, 0.1) is 16.8 Å². The van der Waals surface area contributed by atoms with Crippen molar-refractivity contribution in [3.05, 3.63) is 40.5 Å². The van der Waals surface area contributed by atoms with E-state index in [1.165, 1.54) is 10.6 Å². The maximum Gasteiger partial charge on any atom is 0.126 e. The number of hydrogen-bond donors (Lipinski definition) is 1. The van der Waals surface area contributed by atoms with Crippen LogP contribution in [-0.4, -0.2) is 46.2 Å². The first kappa shape index (κ1) is 16.0. The zero-order valence-electron chi connectivity index (χ0n) is 14.1. The Balaban J connectivity index is 1.38. The Labute approximate surface area is 147 Å². The topological polar surface area (TPSA) is 50.3 Å². The minimum atomic E-state index is 0.00326. The molecule has 4 rings (SSSR count). The standard InChI is InChI=1S/C18H24N4OS/c1-14-16(24-13-20-14)11-22-8-6-18(12-22)10-15(5-9-23-18)21-17-4-2-3-7-19-17/h2-4,7,13,15H,5-6,8-12H2,1H3,(H,19,21)/t15-,18+/m0/s1. The molecule has 2 fully saturated rings. The Hall–Kier alpha value is -1.50. The van der Waals surface area contributed by atoms with Crippen molar-refractivity contribution in [2.24, 2.45) is 0 Å². The Morgan fingerprint density at radius 3 is 3.17 bits per heavy atom. The minimum absolute atomic E-state index is 0.00326. The molecule has 2 aromatic heterocycles. The SMILES string of the molecule is Cc1ncsc1CN1CC[C@@]2(C[C@@H](Nc3ccccn3)CCO2)C1. The third-order valence-electron chi connectivity index (χ3n) is 5.12. The lowest BCUT2D eigenvalue weighted by Crippen LogP contribution is -2.46. The van der Waals surface area contributed by atoms with Crippen LogP contribution in [0.15, 0.2) is 29.9 Å². The van der Waals surface area contributed by atoms with Crippen molar-refractivity contribution in [2.75, 3.05) is 25.0 Å². The lowest BCUT2D eigenvalue weighted by atomic mass is 9.89. The minimum Gasteiger partial charge on any atom is -0.373 e. The Morgan fingerprint density at radius 2 is 2.38 bits per heavy atom. The molecule has 0 aliphatic carbocycles. The monoisotopic (exact) mass is 344 g/mol. The number of nitrogens with one attached hydrogen (secondary N) is 1. The number of nitrogens with zero attached hydrogens (tertiary/aromatic N) is 3. The lowest BCUT2D eigenvalue weighted by Gasteiger charge is -2.38. The summed E-state index contributed by atoms with van der Waals surface area (Å²) in [5.74, 6) is 0.967. The van der Waals surface area contributed by atoms with Gasteiger partial charge in [0, 0.05) is 43.4 Å².